The zero-order chi connectivity index (χ0) is 11.9. The summed E-state index contributed by atoms with van der Waals surface area (Å²) in [6, 6.07) is 3.12. The van der Waals surface area contributed by atoms with Gasteiger partial charge in [-0.2, -0.15) is 0 Å². The molecule has 1 aliphatic rings. The number of hydrogen-bond donors (Lipinski definition) is 2. The van der Waals surface area contributed by atoms with Crippen LogP contribution >= 0.6 is 23.2 Å². The van der Waals surface area contributed by atoms with E-state index in [0.717, 1.165) is 0 Å². The summed E-state index contributed by atoms with van der Waals surface area (Å²) in [5.74, 6) is -2.20. The Kier molecular flexibility index (Phi) is 2.78. The molecule has 0 fully saturated rings. The lowest BCUT2D eigenvalue weighted by atomic mass is 9.97. The van der Waals surface area contributed by atoms with E-state index in [1.807, 2.05) is 0 Å². The van der Waals surface area contributed by atoms with Crippen molar-refractivity contribution < 1.29 is 14.7 Å². The molecule has 2 rings (SSSR count). The molecule has 4 nitrogen and oxygen atoms in total. The molecule has 1 unspecified atom stereocenters. The number of rotatable bonds is 2. The lowest BCUT2D eigenvalue weighted by Crippen LogP contribution is -2.15. The summed E-state index contributed by atoms with van der Waals surface area (Å²) in [5.41, 5.74) is 0.895. The van der Waals surface area contributed by atoms with Crippen molar-refractivity contribution in [2.24, 2.45) is 0 Å². The van der Waals surface area contributed by atoms with Crippen LogP contribution in [-0.2, 0) is 9.59 Å². The first-order valence-corrected chi connectivity index (χ1v) is 5.27. The van der Waals surface area contributed by atoms with Gasteiger partial charge in [0.25, 0.3) is 0 Å². The second-order valence-corrected chi connectivity index (χ2v) is 4.27. The van der Waals surface area contributed by atoms with Crippen molar-refractivity contribution >= 4 is 40.8 Å². The van der Waals surface area contributed by atoms with Gasteiger partial charge in [-0.05, 0) is 12.1 Å². The van der Waals surface area contributed by atoms with Crippen LogP contribution in [0.4, 0.5) is 5.69 Å². The zero-order valence-corrected chi connectivity index (χ0v) is 9.47. The van der Waals surface area contributed by atoms with Crippen LogP contribution in [0.25, 0.3) is 0 Å². The fourth-order valence-corrected chi connectivity index (χ4v) is 2.25. The molecule has 0 bridgehead atoms. The Hall–Kier alpha value is -1.26. The Labute approximate surface area is 101 Å². The van der Waals surface area contributed by atoms with Crippen LogP contribution in [0.15, 0.2) is 12.1 Å². The van der Waals surface area contributed by atoms with Gasteiger partial charge in [-0.25, -0.2) is 0 Å². The highest BCUT2D eigenvalue weighted by molar-refractivity contribution is 6.37. The summed E-state index contributed by atoms with van der Waals surface area (Å²) in [6.07, 6.45) is -0.293. The maximum atomic E-state index is 11.6. The Bertz CT molecular complexity index is 487. The molecule has 0 radical (unpaired) electrons. The number of fused-ring (bicyclic) bond motifs is 1. The second-order valence-electron chi connectivity index (χ2n) is 3.46. The van der Waals surface area contributed by atoms with Crippen molar-refractivity contribution in [2.75, 3.05) is 5.32 Å². The Morgan fingerprint density at radius 2 is 2.00 bits per heavy atom. The standard InChI is InChI=1S/C10H7Cl2NO3/c11-5-1-2-6(12)9-8(5)4(3-7(14)15)10(16)13-9/h1-2,4H,3H2,(H,13,16)(H,14,15). The third-order valence-corrected chi connectivity index (χ3v) is 3.08. The van der Waals surface area contributed by atoms with Crippen LogP contribution in [0.1, 0.15) is 17.9 Å². The molecule has 1 amide bonds. The van der Waals surface area contributed by atoms with Gasteiger partial charge < -0.3 is 10.4 Å². The maximum absolute atomic E-state index is 11.6. The number of carboxylic acids is 1. The fourth-order valence-electron chi connectivity index (χ4n) is 1.75. The van der Waals surface area contributed by atoms with Crippen LogP contribution in [0.5, 0.6) is 0 Å². The highest BCUT2D eigenvalue weighted by Gasteiger charge is 2.35. The lowest BCUT2D eigenvalue weighted by Gasteiger charge is -2.07. The van der Waals surface area contributed by atoms with Gasteiger partial charge >= 0.3 is 5.97 Å². The van der Waals surface area contributed by atoms with Crippen LogP contribution in [0.2, 0.25) is 10.0 Å². The number of aliphatic carboxylic acids is 1. The molecular weight excluding hydrogens is 253 g/mol. The average molecular weight is 260 g/mol. The van der Waals surface area contributed by atoms with E-state index in [9.17, 15) is 9.59 Å². The Morgan fingerprint density at radius 1 is 1.38 bits per heavy atom. The molecule has 1 aromatic carbocycles. The number of carboxylic acid groups (broad SMARTS) is 1. The summed E-state index contributed by atoms with van der Waals surface area (Å²) in [4.78, 5) is 22.2. The predicted octanol–water partition coefficient (Wildman–Crippen LogP) is 2.50. The minimum atomic E-state index is -1.05. The van der Waals surface area contributed by atoms with E-state index in [2.05, 4.69) is 5.32 Å². The SMILES string of the molecule is O=C(O)CC1C(=O)Nc2c(Cl)ccc(Cl)c21. The number of amides is 1. The smallest absolute Gasteiger partial charge is 0.304 e. The molecule has 0 spiro atoms. The van der Waals surface area contributed by atoms with E-state index in [-0.39, 0.29) is 12.3 Å². The van der Waals surface area contributed by atoms with Gasteiger partial charge in [-0.15, -0.1) is 0 Å². The van der Waals surface area contributed by atoms with Gasteiger partial charge in [0, 0.05) is 10.6 Å². The molecule has 0 saturated heterocycles. The van der Waals surface area contributed by atoms with Gasteiger partial charge in [-0.3, -0.25) is 9.59 Å². The molecule has 1 aromatic rings. The Balaban J connectivity index is 2.51. The van der Waals surface area contributed by atoms with Crippen LogP contribution < -0.4 is 5.32 Å². The minimum Gasteiger partial charge on any atom is -0.481 e. The molecule has 0 aromatic heterocycles. The average Bonchev–Trinajstić information content (AvgIpc) is 2.51. The molecule has 0 aliphatic carbocycles. The first-order valence-electron chi connectivity index (χ1n) is 4.51. The van der Waals surface area contributed by atoms with Crippen molar-refractivity contribution in [3.05, 3.63) is 27.7 Å². The van der Waals surface area contributed by atoms with E-state index in [1.54, 1.807) is 12.1 Å². The quantitative estimate of drug-likeness (QED) is 0.858. The molecule has 6 heteroatoms. The van der Waals surface area contributed by atoms with Crippen molar-refractivity contribution in [1.82, 2.24) is 0 Å². The normalized spacial score (nSPS) is 18.1. The second kappa shape index (κ2) is 3.96. The molecule has 84 valence electrons. The molecule has 1 heterocycles. The third kappa shape index (κ3) is 1.74. The van der Waals surface area contributed by atoms with Crippen molar-refractivity contribution in [2.45, 2.75) is 12.3 Å². The topological polar surface area (TPSA) is 66.4 Å². The van der Waals surface area contributed by atoms with E-state index in [4.69, 9.17) is 28.3 Å². The van der Waals surface area contributed by atoms with Crippen molar-refractivity contribution in [3.63, 3.8) is 0 Å². The number of halogens is 2. The molecule has 1 atom stereocenters. The minimum absolute atomic E-state index is 0.293. The van der Waals surface area contributed by atoms with E-state index >= 15 is 0 Å². The summed E-state index contributed by atoms with van der Waals surface area (Å²) >= 11 is 11.8. The first-order chi connectivity index (χ1) is 7.50. The van der Waals surface area contributed by atoms with E-state index < -0.39 is 11.9 Å². The fraction of sp³-hybridized carbons (Fsp3) is 0.200. The van der Waals surface area contributed by atoms with Gasteiger partial charge in [0.2, 0.25) is 5.91 Å². The van der Waals surface area contributed by atoms with E-state index in [0.29, 0.717) is 21.3 Å². The summed E-state index contributed by atoms with van der Waals surface area (Å²) in [6.45, 7) is 0. The number of anilines is 1. The summed E-state index contributed by atoms with van der Waals surface area (Å²) in [7, 11) is 0. The predicted molar refractivity (Wildman–Crippen MR) is 60.1 cm³/mol. The molecule has 1 aliphatic heterocycles. The number of hydrogen-bond acceptors (Lipinski definition) is 2. The summed E-state index contributed by atoms with van der Waals surface area (Å²) in [5, 5.41) is 12.0. The first kappa shape index (κ1) is 11.2. The number of nitrogens with one attached hydrogen (secondary N) is 1. The van der Waals surface area contributed by atoms with Crippen LogP contribution in [0.3, 0.4) is 0 Å². The van der Waals surface area contributed by atoms with Crippen LogP contribution in [0, 0.1) is 0 Å². The number of carbonyl (C=O) groups is 2. The third-order valence-electron chi connectivity index (χ3n) is 2.43. The van der Waals surface area contributed by atoms with Gasteiger partial charge in [0.05, 0.1) is 23.0 Å². The summed E-state index contributed by atoms with van der Waals surface area (Å²) < 4.78 is 0. The van der Waals surface area contributed by atoms with Crippen molar-refractivity contribution in [3.8, 4) is 0 Å². The van der Waals surface area contributed by atoms with Gasteiger partial charge in [0.1, 0.15) is 0 Å². The lowest BCUT2D eigenvalue weighted by molar-refractivity contribution is -0.138. The highest BCUT2D eigenvalue weighted by atomic mass is 35.5. The zero-order valence-electron chi connectivity index (χ0n) is 7.96. The van der Waals surface area contributed by atoms with Gasteiger partial charge in [-0.1, -0.05) is 23.2 Å². The number of benzene rings is 1. The van der Waals surface area contributed by atoms with Gasteiger partial charge in [0.15, 0.2) is 0 Å². The highest BCUT2D eigenvalue weighted by Crippen LogP contribution is 2.43. The number of carbonyl (C=O) groups excluding carboxylic acids is 1. The Morgan fingerprint density at radius 3 is 2.62 bits per heavy atom. The molecule has 2 N–H and O–H groups in total. The van der Waals surface area contributed by atoms with Crippen molar-refractivity contribution in [1.29, 1.82) is 0 Å². The van der Waals surface area contributed by atoms with Crippen LogP contribution in [-0.4, -0.2) is 17.0 Å². The largest absolute Gasteiger partial charge is 0.481 e. The molecule has 16 heavy (non-hydrogen) atoms. The van der Waals surface area contributed by atoms with E-state index in [1.165, 1.54) is 0 Å². The molecular formula is C10H7Cl2NO3. The molecule has 0 saturated carbocycles. The maximum Gasteiger partial charge on any atom is 0.304 e. The monoisotopic (exact) mass is 259 g/mol.